The van der Waals surface area contributed by atoms with Crippen LogP contribution in [-0.2, 0) is 0 Å². The SMILES string of the molecule is COc1cc(NC(=O)c2cc3c(N)c(C#N)sc3nc2C)c(OC)cc1Cl. The summed E-state index contributed by atoms with van der Waals surface area (Å²) in [5.41, 5.74) is 7.57. The molecule has 0 saturated carbocycles. The van der Waals surface area contributed by atoms with E-state index in [9.17, 15) is 4.79 Å². The molecule has 0 bridgehead atoms. The number of thiophene rings is 1. The summed E-state index contributed by atoms with van der Waals surface area (Å²) in [4.78, 5) is 18.2. The van der Waals surface area contributed by atoms with Gasteiger partial charge in [0, 0.05) is 17.5 Å². The molecule has 27 heavy (non-hydrogen) atoms. The van der Waals surface area contributed by atoms with Crippen molar-refractivity contribution in [3.63, 3.8) is 0 Å². The van der Waals surface area contributed by atoms with Gasteiger partial charge in [0.25, 0.3) is 5.91 Å². The van der Waals surface area contributed by atoms with E-state index in [1.807, 2.05) is 6.07 Å². The third-order valence-corrected chi connectivity index (χ3v) is 5.30. The number of halogens is 1. The number of benzene rings is 1. The van der Waals surface area contributed by atoms with Gasteiger partial charge in [-0.25, -0.2) is 4.98 Å². The standard InChI is InChI=1S/C18H15ClN4O3S/c1-8-9(4-10-16(21)15(7-20)27-18(10)22-8)17(24)23-12-6-13(25-2)11(19)5-14(12)26-3/h4-6H,21H2,1-3H3,(H,23,24). The first-order valence-electron chi connectivity index (χ1n) is 7.72. The van der Waals surface area contributed by atoms with Crippen LogP contribution in [0.4, 0.5) is 11.4 Å². The van der Waals surface area contributed by atoms with Crippen LogP contribution in [0.25, 0.3) is 10.2 Å². The highest BCUT2D eigenvalue weighted by Crippen LogP contribution is 2.37. The Bertz CT molecular complexity index is 1100. The van der Waals surface area contributed by atoms with E-state index in [2.05, 4.69) is 10.3 Å². The van der Waals surface area contributed by atoms with Crippen LogP contribution in [0.1, 0.15) is 20.9 Å². The predicted octanol–water partition coefficient (Wildman–Crippen LogP) is 3.98. The number of hydrogen-bond acceptors (Lipinski definition) is 7. The Hall–Kier alpha value is -3.02. The number of carbonyl (C=O) groups excluding carboxylic acids is 1. The third-order valence-electron chi connectivity index (χ3n) is 3.98. The van der Waals surface area contributed by atoms with Gasteiger partial charge in [-0.3, -0.25) is 4.79 Å². The first-order chi connectivity index (χ1) is 12.9. The molecule has 0 fully saturated rings. The highest BCUT2D eigenvalue weighted by Gasteiger charge is 2.19. The van der Waals surface area contributed by atoms with Crippen molar-refractivity contribution in [3.05, 3.63) is 39.4 Å². The van der Waals surface area contributed by atoms with Gasteiger partial charge in [0.05, 0.1) is 41.9 Å². The van der Waals surface area contributed by atoms with Crippen molar-refractivity contribution in [2.75, 3.05) is 25.3 Å². The lowest BCUT2D eigenvalue weighted by molar-refractivity contribution is 0.102. The second-order valence-electron chi connectivity index (χ2n) is 5.57. The molecule has 2 heterocycles. The molecule has 9 heteroatoms. The normalized spacial score (nSPS) is 10.5. The fraction of sp³-hybridized carbons (Fsp3) is 0.167. The average Bonchev–Trinajstić information content (AvgIpc) is 2.96. The summed E-state index contributed by atoms with van der Waals surface area (Å²) in [5, 5.41) is 12.8. The van der Waals surface area contributed by atoms with Gasteiger partial charge < -0.3 is 20.5 Å². The summed E-state index contributed by atoms with van der Waals surface area (Å²) >= 11 is 7.29. The zero-order valence-corrected chi connectivity index (χ0v) is 16.3. The number of hydrogen-bond donors (Lipinski definition) is 2. The maximum atomic E-state index is 12.8. The summed E-state index contributed by atoms with van der Waals surface area (Å²) in [7, 11) is 2.95. The molecule has 0 aliphatic heterocycles. The molecule has 0 saturated heterocycles. The number of nitrogens with one attached hydrogen (secondary N) is 1. The van der Waals surface area contributed by atoms with Gasteiger partial charge in [-0.05, 0) is 13.0 Å². The van der Waals surface area contributed by atoms with Crippen LogP contribution >= 0.6 is 22.9 Å². The summed E-state index contributed by atoms with van der Waals surface area (Å²) in [6.07, 6.45) is 0. The van der Waals surface area contributed by atoms with Crippen molar-refractivity contribution < 1.29 is 14.3 Å². The maximum absolute atomic E-state index is 12.8. The summed E-state index contributed by atoms with van der Waals surface area (Å²) in [5.74, 6) is 0.398. The number of nitriles is 1. The molecular weight excluding hydrogens is 388 g/mol. The minimum atomic E-state index is -0.395. The van der Waals surface area contributed by atoms with Gasteiger partial charge >= 0.3 is 0 Å². The predicted molar refractivity (Wildman–Crippen MR) is 106 cm³/mol. The average molecular weight is 403 g/mol. The Kier molecular flexibility index (Phi) is 5.08. The number of nitrogens with zero attached hydrogens (tertiary/aromatic N) is 2. The van der Waals surface area contributed by atoms with Crippen LogP contribution in [0.5, 0.6) is 11.5 Å². The third kappa shape index (κ3) is 3.35. The monoisotopic (exact) mass is 402 g/mol. The van der Waals surface area contributed by atoms with Crippen molar-refractivity contribution in [1.82, 2.24) is 4.98 Å². The molecule has 0 unspecified atom stereocenters. The van der Waals surface area contributed by atoms with E-state index in [4.69, 9.17) is 32.1 Å². The smallest absolute Gasteiger partial charge is 0.257 e. The largest absolute Gasteiger partial charge is 0.495 e. The number of amides is 1. The van der Waals surface area contributed by atoms with Crippen molar-refractivity contribution in [2.45, 2.75) is 6.92 Å². The highest BCUT2D eigenvalue weighted by atomic mass is 35.5. The molecule has 0 radical (unpaired) electrons. The Morgan fingerprint density at radius 3 is 2.63 bits per heavy atom. The topological polar surface area (TPSA) is 110 Å². The lowest BCUT2D eigenvalue weighted by Gasteiger charge is -2.14. The quantitative estimate of drug-likeness (QED) is 0.682. The molecular formula is C18H15ClN4O3S. The number of anilines is 2. The lowest BCUT2D eigenvalue weighted by Crippen LogP contribution is -2.15. The number of rotatable bonds is 4. The van der Waals surface area contributed by atoms with E-state index >= 15 is 0 Å². The van der Waals surface area contributed by atoms with E-state index in [0.717, 1.165) is 0 Å². The van der Waals surface area contributed by atoms with Crippen molar-refractivity contribution in [1.29, 1.82) is 5.26 Å². The first kappa shape index (κ1) is 18.8. The lowest BCUT2D eigenvalue weighted by atomic mass is 10.1. The molecule has 0 aliphatic rings. The summed E-state index contributed by atoms with van der Waals surface area (Å²) in [6.45, 7) is 1.72. The van der Waals surface area contributed by atoms with E-state index in [-0.39, 0.29) is 0 Å². The number of fused-ring (bicyclic) bond motifs is 1. The van der Waals surface area contributed by atoms with Crippen molar-refractivity contribution in [3.8, 4) is 17.6 Å². The molecule has 3 rings (SSSR count). The van der Waals surface area contributed by atoms with Gasteiger partial charge in [0.2, 0.25) is 0 Å². The fourth-order valence-electron chi connectivity index (χ4n) is 2.59. The maximum Gasteiger partial charge on any atom is 0.257 e. The van der Waals surface area contributed by atoms with E-state index < -0.39 is 5.91 Å². The number of carbonyl (C=O) groups is 1. The van der Waals surface area contributed by atoms with Crippen LogP contribution in [0.2, 0.25) is 5.02 Å². The van der Waals surface area contributed by atoms with Gasteiger partial charge in [0.1, 0.15) is 27.3 Å². The van der Waals surface area contributed by atoms with Crippen molar-refractivity contribution >= 4 is 50.4 Å². The van der Waals surface area contributed by atoms with Crippen LogP contribution < -0.4 is 20.5 Å². The molecule has 2 aromatic heterocycles. The first-order valence-corrected chi connectivity index (χ1v) is 8.91. The molecule has 138 valence electrons. The number of aromatic nitrogens is 1. The molecule has 1 amide bonds. The number of aryl methyl sites for hydroxylation is 1. The van der Waals surface area contributed by atoms with E-state index in [1.54, 1.807) is 25.1 Å². The minimum Gasteiger partial charge on any atom is -0.495 e. The Labute approximate surface area is 164 Å². The molecule has 0 aliphatic carbocycles. The zero-order valence-electron chi connectivity index (χ0n) is 14.7. The number of ether oxygens (including phenoxy) is 2. The van der Waals surface area contributed by atoms with Gasteiger partial charge in [-0.15, -0.1) is 11.3 Å². The van der Waals surface area contributed by atoms with Gasteiger partial charge in [-0.1, -0.05) is 11.6 Å². The summed E-state index contributed by atoms with van der Waals surface area (Å²) < 4.78 is 10.5. The van der Waals surface area contributed by atoms with Crippen LogP contribution in [0.15, 0.2) is 18.2 Å². The van der Waals surface area contributed by atoms with E-state index in [0.29, 0.717) is 54.2 Å². The fourth-order valence-corrected chi connectivity index (χ4v) is 3.74. The van der Waals surface area contributed by atoms with Crippen LogP contribution in [0.3, 0.4) is 0 Å². The number of pyridine rings is 1. The second-order valence-corrected chi connectivity index (χ2v) is 6.98. The molecule has 0 atom stereocenters. The second kappa shape index (κ2) is 7.31. The number of nitrogen functional groups attached to an aromatic ring is 1. The Morgan fingerprint density at radius 1 is 1.30 bits per heavy atom. The Morgan fingerprint density at radius 2 is 2.00 bits per heavy atom. The molecule has 7 nitrogen and oxygen atoms in total. The van der Waals surface area contributed by atoms with Crippen molar-refractivity contribution in [2.24, 2.45) is 0 Å². The highest BCUT2D eigenvalue weighted by molar-refractivity contribution is 7.19. The number of nitrogens with two attached hydrogens (primary N) is 1. The van der Waals surface area contributed by atoms with Gasteiger partial charge in [0.15, 0.2) is 0 Å². The van der Waals surface area contributed by atoms with Gasteiger partial charge in [-0.2, -0.15) is 5.26 Å². The Balaban J connectivity index is 2.03. The van der Waals surface area contributed by atoms with Crippen LogP contribution in [-0.4, -0.2) is 25.1 Å². The molecule has 1 aromatic carbocycles. The number of methoxy groups -OCH3 is 2. The van der Waals surface area contributed by atoms with E-state index in [1.165, 1.54) is 25.6 Å². The molecule has 3 N–H and O–H groups in total. The minimum absolute atomic E-state index is 0.324. The zero-order chi connectivity index (χ0) is 19.7. The summed E-state index contributed by atoms with van der Waals surface area (Å²) in [6, 6.07) is 6.81. The molecule has 0 spiro atoms. The molecule has 3 aromatic rings. The van der Waals surface area contributed by atoms with Crippen LogP contribution in [0, 0.1) is 18.3 Å².